The smallest absolute Gasteiger partial charge is 0.487 e. The molecule has 19 nitrogen and oxygen atoms in total. The van der Waals surface area contributed by atoms with E-state index in [2.05, 4.69) is 79.7 Å². The van der Waals surface area contributed by atoms with Crippen molar-refractivity contribution in [1.82, 2.24) is 24.5 Å². The Labute approximate surface area is 465 Å². The summed E-state index contributed by atoms with van der Waals surface area (Å²) in [4.78, 5) is 48.9. The molecule has 3 aliphatic rings. The predicted octanol–water partition coefficient (Wildman–Crippen LogP) is 9.49. The minimum atomic E-state index is -1.36. The molecule has 8 rings (SSSR count). The molecule has 0 saturated carbocycles. The third kappa shape index (κ3) is 18.5. The number of hydrogen-bond acceptors (Lipinski definition) is 11. The van der Waals surface area contributed by atoms with Gasteiger partial charge >= 0.3 is 56.7 Å². The maximum absolute atomic E-state index is 14.7. The Kier molecular flexibility index (Phi) is 33.2. The molecule has 0 aliphatic carbocycles. The van der Waals surface area contributed by atoms with E-state index in [1.807, 2.05) is 13.8 Å². The molecule has 1 fully saturated rings. The fraction of sp³-hybridized carbons (Fsp3) is 0.500. The Hall–Kier alpha value is -4.76. The Bertz CT molecular complexity index is 2740. The standard InChI is InChI=1S/C16H13FN5O4.C16H13FN2O4.2C6H15P.C4H8O.2Au.B.N3/c1-7-6-26-15-12(18-3-8-4-19-21-20-8)11(17)2-9-13(15)22(7)5-10(14(9)23)16(24)25;1-3-4-18-12-11(17)5-9-13-15(12)23-7-8(2)19(13)6-10(14(9)20)16(21)22;2*1-4-7(5-2)6-3;1-2-4-5-3-1;;;;1-3-2/h2,5,7,18H,3,6H2,1H3,(H,24,25)(H,19,20,21);1,5-6,8,18H,4,7H2,2H3,(H,21,22);2*4-6H2,1-3H3;1-4H2;;;;/q-1;;;;;2*+1;;-1. The normalized spacial score (nSPS) is 14.1. The van der Waals surface area contributed by atoms with Gasteiger partial charge in [-0.15, -0.1) is 33.2 Å². The maximum Gasteiger partial charge on any atom is 1.00 e. The summed E-state index contributed by atoms with van der Waals surface area (Å²) in [7, 11) is 0.892. The summed E-state index contributed by atoms with van der Waals surface area (Å²) in [5, 5.41) is 33.7. The molecule has 6 heterocycles. The van der Waals surface area contributed by atoms with Gasteiger partial charge in [0.05, 0.1) is 40.4 Å². The van der Waals surface area contributed by atoms with E-state index >= 15 is 0 Å². The van der Waals surface area contributed by atoms with Gasteiger partial charge in [-0.05, 0) is 75.8 Å². The molecule has 0 amide bonds. The van der Waals surface area contributed by atoms with Crippen LogP contribution >= 0.6 is 15.8 Å². The maximum atomic E-state index is 14.7. The van der Waals surface area contributed by atoms with Crippen molar-refractivity contribution >= 4 is 69.4 Å². The van der Waals surface area contributed by atoms with Gasteiger partial charge in [-0.2, -0.15) is 0 Å². The van der Waals surface area contributed by atoms with Gasteiger partial charge in [0, 0.05) is 40.6 Å². The number of benzene rings is 2. The summed E-state index contributed by atoms with van der Waals surface area (Å²) in [6.45, 7) is 20.1. The van der Waals surface area contributed by atoms with Crippen molar-refractivity contribution in [2.24, 2.45) is 0 Å². The topological polar surface area (TPSA) is 271 Å². The van der Waals surface area contributed by atoms with Gasteiger partial charge in [0.2, 0.25) is 10.9 Å². The fourth-order valence-corrected chi connectivity index (χ4v) is 10.2. The van der Waals surface area contributed by atoms with Crippen LogP contribution in [0.4, 0.5) is 20.2 Å². The summed E-state index contributed by atoms with van der Waals surface area (Å²) in [5.74, 6) is -1.47. The van der Waals surface area contributed by atoms with Gasteiger partial charge in [-0.25, -0.2) is 18.4 Å². The molecule has 0 bridgehead atoms. The van der Waals surface area contributed by atoms with E-state index < -0.39 is 45.6 Å². The second-order valence-corrected chi connectivity index (χ2v) is 22.3. The number of H-pyrrole nitrogens is 1. The van der Waals surface area contributed by atoms with E-state index in [9.17, 15) is 38.2 Å². The fourth-order valence-electron chi connectivity index (χ4n) is 7.53. The van der Waals surface area contributed by atoms with Crippen LogP contribution < -0.4 is 31.0 Å². The summed E-state index contributed by atoms with van der Waals surface area (Å²) >= 11 is 0. The van der Waals surface area contributed by atoms with Crippen LogP contribution in [0.1, 0.15) is 107 Å². The Morgan fingerprint density at radius 2 is 1.20 bits per heavy atom. The number of ether oxygens (including phenoxy) is 3. The van der Waals surface area contributed by atoms with E-state index in [0.29, 0.717) is 32.6 Å². The molecular weight excluding hydrogens is 1370 g/mol. The van der Waals surface area contributed by atoms with Crippen LogP contribution in [0.2, 0.25) is 0 Å². The van der Waals surface area contributed by atoms with Crippen LogP contribution in [-0.4, -0.2) is 125 Å². The number of aromatic nitrogens is 5. The summed E-state index contributed by atoms with van der Waals surface area (Å²) in [5.41, 5.74) is 12.6. The average Bonchev–Trinajstić information content (AvgIpc) is 4.13. The van der Waals surface area contributed by atoms with Gasteiger partial charge in [-0.1, -0.05) is 47.5 Å². The second-order valence-electron chi connectivity index (χ2n) is 15.9. The number of nitrogens with zero attached hydrogens (tertiary/aromatic N) is 7. The Morgan fingerprint density at radius 1 is 0.811 bits per heavy atom. The predicted molar refractivity (Wildman–Crippen MR) is 284 cm³/mol. The first-order chi connectivity index (χ1) is 34.0. The van der Waals surface area contributed by atoms with E-state index in [-0.39, 0.29) is 125 Å². The van der Waals surface area contributed by atoms with Crippen molar-refractivity contribution in [1.29, 1.82) is 0 Å². The number of hydrogen-bond donors (Lipinski definition) is 5. The zero-order valence-corrected chi connectivity index (χ0v) is 48.8. The molecule has 0 spiro atoms. The first-order valence-corrected chi connectivity index (χ1v) is 27.1. The number of aromatic amines is 1. The van der Waals surface area contributed by atoms with Crippen LogP contribution in [0, 0.1) is 30.2 Å². The number of halogens is 2. The number of nitrogens with one attached hydrogen (secondary N) is 3. The SMILES string of the molecule is C#CCNc1c(F)cc2c(=O)c(C(=O)O)cn3c2c1OCC3C.C1CCOC1.CC1COc2c(NCc3[c-]nn[nH]3)c(F)cc3c(=O)c(C(=O)O)cn1c23.CCP(CC)CC.CCP(CC)CC.[Au+].[Au+].[B].[N-]=[N+]=[N-]. The molecule has 3 aliphatic heterocycles. The Morgan fingerprint density at radius 3 is 1.50 bits per heavy atom. The first kappa shape index (κ1) is 69.2. The first-order valence-electron chi connectivity index (χ1n) is 23.3. The summed E-state index contributed by atoms with van der Waals surface area (Å²) < 4.78 is 48.5. The second kappa shape index (κ2) is 35.5. The van der Waals surface area contributed by atoms with Crippen molar-refractivity contribution < 1.29 is 87.6 Å². The van der Waals surface area contributed by atoms with E-state index in [0.717, 1.165) is 25.3 Å². The van der Waals surface area contributed by atoms with Crippen LogP contribution in [0.3, 0.4) is 0 Å². The third-order valence-corrected chi connectivity index (χ3v) is 16.9. The number of pyridine rings is 2. The van der Waals surface area contributed by atoms with Gasteiger partial charge in [0.25, 0.3) is 0 Å². The molecule has 5 N–H and O–H groups in total. The number of terminal acetylenes is 1. The summed E-state index contributed by atoms with van der Waals surface area (Å²) in [6.07, 6.45) is 21.4. The molecule has 2 atom stereocenters. The molecule has 409 valence electrons. The van der Waals surface area contributed by atoms with Crippen LogP contribution in [0.25, 0.3) is 37.8 Å². The molecule has 74 heavy (non-hydrogen) atoms. The Balaban J connectivity index is 0.00000100. The number of rotatable bonds is 13. The van der Waals surface area contributed by atoms with Crippen molar-refractivity contribution in [3.63, 3.8) is 0 Å². The van der Waals surface area contributed by atoms with Gasteiger partial charge < -0.3 is 66.5 Å². The van der Waals surface area contributed by atoms with Gasteiger partial charge in [0.1, 0.15) is 35.7 Å². The molecule has 3 radical (unpaired) electrons. The molecule has 2 aromatic carbocycles. The van der Waals surface area contributed by atoms with Crippen molar-refractivity contribution in [3.05, 3.63) is 95.6 Å². The molecule has 3 aromatic heterocycles. The minimum Gasteiger partial charge on any atom is -0.487 e. The van der Waals surface area contributed by atoms with Crippen molar-refractivity contribution in [3.8, 4) is 23.8 Å². The number of aromatic carboxylic acids is 2. The van der Waals surface area contributed by atoms with E-state index in [1.54, 1.807) is 9.13 Å². The zero-order chi connectivity index (χ0) is 52.8. The zero-order valence-electron chi connectivity index (χ0n) is 42.7. The number of carboxylic acid groups (broad SMARTS) is 2. The summed E-state index contributed by atoms with van der Waals surface area (Å²) in [6, 6.07) is 1.63. The molecular formula is C48H64Au2BF2N10O9P2. The van der Waals surface area contributed by atoms with Crippen LogP contribution in [0.5, 0.6) is 11.5 Å². The van der Waals surface area contributed by atoms with Gasteiger partial charge in [-0.3, -0.25) is 19.6 Å². The average molecular weight is 1430 g/mol. The monoisotopic (exact) mass is 1430 g/mol. The third-order valence-electron chi connectivity index (χ3n) is 11.5. The van der Waals surface area contributed by atoms with Crippen molar-refractivity contribution in [2.75, 3.05) is 80.6 Å². The number of carbonyl (C=O) groups is 2. The molecule has 1 saturated heterocycles. The van der Waals surface area contributed by atoms with Crippen LogP contribution in [-0.2, 0) is 56.0 Å². The quantitative estimate of drug-likeness (QED) is 0.0140. The number of carboxylic acids is 2. The minimum absolute atomic E-state index is 0. The number of anilines is 2. The largest absolute Gasteiger partial charge is 1.00 e. The van der Waals surface area contributed by atoms with Crippen molar-refractivity contribution in [2.45, 2.75) is 86.9 Å². The molecule has 26 heteroatoms. The van der Waals surface area contributed by atoms with Crippen LogP contribution in [0.15, 0.2) is 34.1 Å². The van der Waals surface area contributed by atoms with E-state index in [4.69, 9.17) is 31.7 Å². The van der Waals surface area contributed by atoms with Gasteiger partial charge in [0.15, 0.2) is 23.1 Å². The molecule has 5 aromatic rings. The molecule has 2 unspecified atom stereocenters. The van der Waals surface area contributed by atoms with E-state index in [1.165, 1.54) is 67.1 Å².